The van der Waals surface area contributed by atoms with E-state index < -0.39 is 5.92 Å². The number of halogens is 2. The topological polar surface area (TPSA) is 61.8 Å². The lowest BCUT2D eigenvalue weighted by molar-refractivity contribution is -0.126. The number of nitrogens with one attached hydrogen (secondary N) is 1. The highest BCUT2D eigenvalue weighted by Gasteiger charge is 2.35. The summed E-state index contributed by atoms with van der Waals surface area (Å²) in [6, 6.07) is 14.5. The predicted molar refractivity (Wildman–Crippen MR) is 102 cm³/mol. The number of hydrogen-bond acceptors (Lipinski definition) is 3. The van der Waals surface area contributed by atoms with Gasteiger partial charge in [0.05, 0.1) is 12.1 Å². The minimum absolute atomic E-state index is 0.0839. The highest BCUT2D eigenvalue weighted by Crippen LogP contribution is 2.26. The second-order valence-electron chi connectivity index (χ2n) is 5.67. The second kappa shape index (κ2) is 7.80. The van der Waals surface area contributed by atoms with Crippen molar-refractivity contribution in [3.63, 3.8) is 0 Å². The molecule has 2 amide bonds. The van der Waals surface area contributed by atoms with Crippen LogP contribution in [0.25, 0.3) is 0 Å². The Morgan fingerprint density at radius 2 is 1.88 bits per heavy atom. The van der Waals surface area contributed by atoms with Gasteiger partial charge in [-0.3, -0.25) is 9.59 Å². The summed E-state index contributed by atoms with van der Waals surface area (Å²) in [7, 11) is 0. The molecule has 0 saturated carbocycles. The van der Waals surface area contributed by atoms with E-state index in [4.69, 9.17) is 11.6 Å². The molecule has 1 atom stereocenters. The van der Waals surface area contributed by atoms with Crippen molar-refractivity contribution in [1.82, 2.24) is 5.43 Å². The van der Waals surface area contributed by atoms with Gasteiger partial charge in [-0.25, -0.2) is 5.43 Å². The quantitative estimate of drug-likeness (QED) is 0.607. The van der Waals surface area contributed by atoms with Crippen LogP contribution in [-0.4, -0.2) is 24.6 Å². The summed E-state index contributed by atoms with van der Waals surface area (Å²) < 4.78 is 0.973. The first kappa shape index (κ1) is 17.6. The van der Waals surface area contributed by atoms with E-state index in [2.05, 4.69) is 26.5 Å². The third-order valence-corrected chi connectivity index (χ3v) is 4.67. The lowest BCUT2D eigenvalue weighted by atomic mass is 10.1. The summed E-state index contributed by atoms with van der Waals surface area (Å²) in [6.45, 7) is 0.333. The van der Waals surface area contributed by atoms with E-state index in [-0.39, 0.29) is 18.2 Å². The highest BCUT2D eigenvalue weighted by atomic mass is 79.9. The van der Waals surface area contributed by atoms with Crippen molar-refractivity contribution in [1.29, 1.82) is 0 Å². The third-order valence-electron chi connectivity index (χ3n) is 3.89. The summed E-state index contributed by atoms with van der Waals surface area (Å²) in [5, 5.41) is 4.57. The van der Waals surface area contributed by atoms with Crippen molar-refractivity contribution in [3.05, 3.63) is 63.6 Å². The maximum Gasteiger partial charge on any atom is 0.245 e. The molecule has 1 N–H and O–H groups in total. The molecule has 1 aliphatic rings. The first-order valence-corrected chi connectivity index (χ1v) is 8.84. The van der Waals surface area contributed by atoms with E-state index in [1.54, 1.807) is 35.4 Å². The fraction of sp³-hybridized carbons (Fsp3) is 0.167. The predicted octanol–water partition coefficient (Wildman–Crippen LogP) is 3.61. The van der Waals surface area contributed by atoms with Crippen molar-refractivity contribution >= 4 is 51.2 Å². The Morgan fingerprint density at radius 1 is 1.20 bits per heavy atom. The zero-order valence-electron chi connectivity index (χ0n) is 13.2. The zero-order valence-corrected chi connectivity index (χ0v) is 15.5. The molecular formula is C18H15BrClN3O2. The van der Waals surface area contributed by atoms with Crippen molar-refractivity contribution in [3.8, 4) is 0 Å². The second-order valence-corrected chi connectivity index (χ2v) is 7.02. The molecular weight excluding hydrogens is 406 g/mol. The van der Waals surface area contributed by atoms with Gasteiger partial charge >= 0.3 is 0 Å². The lowest BCUT2D eigenvalue weighted by Crippen LogP contribution is -2.30. The molecule has 5 nitrogen and oxygen atoms in total. The average molecular weight is 421 g/mol. The fourth-order valence-corrected chi connectivity index (χ4v) is 2.95. The maximum atomic E-state index is 12.2. The van der Waals surface area contributed by atoms with Gasteiger partial charge in [-0.1, -0.05) is 39.7 Å². The first-order chi connectivity index (χ1) is 12.0. The monoisotopic (exact) mass is 419 g/mol. The Balaban J connectivity index is 1.59. The van der Waals surface area contributed by atoms with Crippen LogP contribution >= 0.6 is 27.5 Å². The summed E-state index contributed by atoms with van der Waals surface area (Å²) in [4.78, 5) is 26.0. The van der Waals surface area contributed by atoms with Crippen LogP contribution in [0.15, 0.2) is 58.1 Å². The number of carbonyl (C=O) groups excluding carboxylic acids is 2. The summed E-state index contributed by atoms with van der Waals surface area (Å²) in [6.07, 6.45) is 1.74. The van der Waals surface area contributed by atoms with Gasteiger partial charge in [-0.2, -0.15) is 5.10 Å². The summed E-state index contributed by atoms with van der Waals surface area (Å²) in [5.41, 5.74) is 4.12. The van der Waals surface area contributed by atoms with Crippen molar-refractivity contribution in [2.75, 3.05) is 11.4 Å². The Kier molecular flexibility index (Phi) is 5.50. The number of amides is 2. The standard InChI is InChI=1S/C18H15BrClN3O2/c19-14-3-1-12(2-4-14)10-21-22-18(25)13-9-17(24)23(11-13)16-7-5-15(20)6-8-16/h1-8,10,13H,9,11H2,(H,22,25)/b21-10-/t13-/m1/s1. The molecule has 0 unspecified atom stereocenters. The summed E-state index contributed by atoms with van der Waals surface area (Å²) in [5.74, 6) is -0.775. The van der Waals surface area contributed by atoms with Crippen molar-refractivity contribution in [2.24, 2.45) is 11.0 Å². The largest absolute Gasteiger partial charge is 0.312 e. The smallest absolute Gasteiger partial charge is 0.245 e. The van der Waals surface area contributed by atoms with E-state index in [0.29, 0.717) is 11.6 Å². The molecule has 2 aromatic carbocycles. The maximum absolute atomic E-state index is 12.2. The molecule has 3 rings (SSSR count). The van der Waals surface area contributed by atoms with Gasteiger partial charge in [0, 0.05) is 28.1 Å². The highest BCUT2D eigenvalue weighted by molar-refractivity contribution is 9.10. The van der Waals surface area contributed by atoms with Gasteiger partial charge < -0.3 is 4.90 Å². The molecule has 1 fully saturated rings. The Bertz CT molecular complexity index is 806. The number of hydrazone groups is 1. The number of benzene rings is 2. The molecule has 0 spiro atoms. The van der Waals surface area contributed by atoms with E-state index in [0.717, 1.165) is 15.7 Å². The van der Waals surface area contributed by atoms with Crippen molar-refractivity contribution < 1.29 is 9.59 Å². The SMILES string of the molecule is O=C(N/N=C\c1ccc(Br)cc1)[C@@H]1CC(=O)N(c2ccc(Cl)cc2)C1. The molecule has 2 aromatic rings. The van der Waals surface area contributed by atoms with Gasteiger partial charge in [-0.15, -0.1) is 0 Å². The van der Waals surface area contributed by atoms with Gasteiger partial charge in [0.2, 0.25) is 11.8 Å². The third kappa shape index (κ3) is 4.46. The van der Waals surface area contributed by atoms with E-state index >= 15 is 0 Å². The molecule has 0 bridgehead atoms. The Labute approximate surface area is 158 Å². The summed E-state index contributed by atoms with van der Waals surface area (Å²) >= 11 is 9.22. The number of anilines is 1. The van der Waals surface area contributed by atoms with Crippen LogP contribution in [0.3, 0.4) is 0 Å². The Hall–Kier alpha value is -2.18. The lowest BCUT2D eigenvalue weighted by Gasteiger charge is -2.16. The minimum atomic E-state index is -0.426. The average Bonchev–Trinajstić information content (AvgIpc) is 2.99. The van der Waals surface area contributed by atoms with Crippen LogP contribution in [0, 0.1) is 5.92 Å². The van der Waals surface area contributed by atoms with Crippen LogP contribution in [0.1, 0.15) is 12.0 Å². The molecule has 25 heavy (non-hydrogen) atoms. The number of nitrogens with zero attached hydrogens (tertiary/aromatic N) is 2. The van der Waals surface area contributed by atoms with Crippen LogP contribution in [0.2, 0.25) is 5.02 Å². The molecule has 1 saturated heterocycles. The van der Waals surface area contributed by atoms with Crippen LogP contribution in [0.4, 0.5) is 5.69 Å². The van der Waals surface area contributed by atoms with Gasteiger partial charge in [-0.05, 0) is 42.0 Å². The van der Waals surface area contributed by atoms with Crippen LogP contribution in [-0.2, 0) is 9.59 Å². The normalized spacial score (nSPS) is 17.3. The fourth-order valence-electron chi connectivity index (χ4n) is 2.56. The Morgan fingerprint density at radius 3 is 2.56 bits per heavy atom. The van der Waals surface area contributed by atoms with Crippen LogP contribution < -0.4 is 10.3 Å². The van der Waals surface area contributed by atoms with Crippen LogP contribution in [0.5, 0.6) is 0 Å². The molecule has 7 heteroatoms. The van der Waals surface area contributed by atoms with Gasteiger partial charge in [0.1, 0.15) is 0 Å². The first-order valence-electron chi connectivity index (χ1n) is 7.67. The van der Waals surface area contributed by atoms with E-state index in [1.165, 1.54) is 0 Å². The number of carbonyl (C=O) groups is 2. The minimum Gasteiger partial charge on any atom is -0.312 e. The van der Waals surface area contributed by atoms with Crippen molar-refractivity contribution in [2.45, 2.75) is 6.42 Å². The molecule has 1 heterocycles. The number of rotatable bonds is 4. The molecule has 1 aliphatic heterocycles. The molecule has 0 aromatic heterocycles. The zero-order chi connectivity index (χ0) is 17.8. The molecule has 0 aliphatic carbocycles. The van der Waals surface area contributed by atoms with Gasteiger partial charge in [0.15, 0.2) is 0 Å². The van der Waals surface area contributed by atoms with Gasteiger partial charge in [0.25, 0.3) is 0 Å². The number of hydrogen-bond donors (Lipinski definition) is 1. The van der Waals surface area contributed by atoms with E-state index in [9.17, 15) is 9.59 Å². The molecule has 128 valence electrons. The molecule has 0 radical (unpaired) electrons. The van der Waals surface area contributed by atoms with E-state index in [1.807, 2.05) is 24.3 Å².